The summed E-state index contributed by atoms with van der Waals surface area (Å²) >= 11 is 0. The maximum absolute atomic E-state index is 11.4. The van der Waals surface area contributed by atoms with Crippen molar-refractivity contribution >= 4 is 11.5 Å². The molecule has 0 unspecified atom stereocenters. The van der Waals surface area contributed by atoms with Crippen molar-refractivity contribution in [1.29, 1.82) is 0 Å². The molecular weight excluding hydrogens is 180 g/mol. The van der Waals surface area contributed by atoms with Crippen LogP contribution in [0.2, 0.25) is 0 Å². The Morgan fingerprint density at radius 3 is 2.57 bits per heavy atom. The van der Waals surface area contributed by atoms with Crippen LogP contribution in [0.1, 0.15) is 10.4 Å². The van der Waals surface area contributed by atoms with Gasteiger partial charge in [0.25, 0.3) is 0 Å². The number of hydrogen-bond acceptors (Lipinski definition) is 4. The molecular formula is C10H14N2O2. The SMILES string of the molecule is Nc1ccc(C(=O)CNCCO)cc1. The molecule has 1 aromatic rings. The minimum atomic E-state index is -0.00144. The fraction of sp³-hybridized carbons (Fsp3) is 0.300. The van der Waals surface area contributed by atoms with Crippen LogP contribution in [-0.4, -0.2) is 30.6 Å². The van der Waals surface area contributed by atoms with Crippen LogP contribution in [0, 0.1) is 0 Å². The number of rotatable bonds is 5. The van der Waals surface area contributed by atoms with E-state index in [-0.39, 0.29) is 18.9 Å². The van der Waals surface area contributed by atoms with Gasteiger partial charge in [0, 0.05) is 17.8 Å². The first-order valence-electron chi connectivity index (χ1n) is 4.44. The number of nitrogens with two attached hydrogens (primary N) is 1. The van der Waals surface area contributed by atoms with Gasteiger partial charge in [0.15, 0.2) is 5.78 Å². The average molecular weight is 194 g/mol. The zero-order valence-corrected chi connectivity index (χ0v) is 7.86. The summed E-state index contributed by atoms with van der Waals surface area (Å²) in [5.74, 6) is -0.00144. The van der Waals surface area contributed by atoms with E-state index in [1.807, 2.05) is 0 Å². The molecule has 0 amide bonds. The van der Waals surface area contributed by atoms with Gasteiger partial charge in [-0.2, -0.15) is 0 Å². The van der Waals surface area contributed by atoms with Crippen LogP contribution in [0.3, 0.4) is 0 Å². The van der Waals surface area contributed by atoms with E-state index in [2.05, 4.69) is 5.32 Å². The molecule has 0 aliphatic heterocycles. The lowest BCUT2D eigenvalue weighted by molar-refractivity contribution is 0.0989. The summed E-state index contributed by atoms with van der Waals surface area (Å²) in [7, 11) is 0. The number of nitrogen functional groups attached to an aromatic ring is 1. The van der Waals surface area contributed by atoms with E-state index in [4.69, 9.17) is 10.8 Å². The smallest absolute Gasteiger partial charge is 0.176 e. The van der Waals surface area contributed by atoms with Gasteiger partial charge in [-0.05, 0) is 24.3 Å². The van der Waals surface area contributed by atoms with E-state index < -0.39 is 0 Å². The molecule has 0 saturated carbocycles. The molecule has 76 valence electrons. The first kappa shape index (κ1) is 10.7. The normalized spacial score (nSPS) is 10.1. The molecule has 0 aliphatic carbocycles. The number of hydrogen-bond donors (Lipinski definition) is 3. The Balaban J connectivity index is 2.48. The second kappa shape index (κ2) is 5.36. The van der Waals surface area contributed by atoms with E-state index >= 15 is 0 Å². The van der Waals surface area contributed by atoms with Crippen molar-refractivity contribution < 1.29 is 9.90 Å². The van der Waals surface area contributed by atoms with Gasteiger partial charge in [-0.1, -0.05) is 0 Å². The molecule has 14 heavy (non-hydrogen) atoms. The number of anilines is 1. The predicted molar refractivity (Wildman–Crippen MR) is 55.1 cm³/mol. The topological polar surface area (TPSA) is 75.4 Å². The monoisotopic (exact) mass is 194 g/mol. The zero-order chi connectivity index (χ0) is 10.4. The summed E-state index contributed by atoms with van der Waals surface area (Å²) in [6, 6.07) is 6.77. The van der Waals surface area contributed by atoms with Crippen LogP contribution in [0.25, 0.3) is 0 Å². The Bertz CT molecular complexity index is 295. The summed E-state index contributed by atoms with van der Waals surface area (Å²) in [5, 5.41) is 11.3. The highest BCUT2D eigenvalue weighted by atomic mass is 16.3. The first-order valence-corrected chi connectivity index (χ1v) is 4.44. The van der Waals surface area contributed by atoms with Gasteiger partial charge in [-0.25, -0.2) is 0 Å². The summed E-state index contributed by atoms with van der Waals surface area (Å²) in [6.07, 6.45) is 0. The van der Waals surface area contributed by atoms with Crippen LogP contribution in [0.15, 0.2) is 24.3 Å². The van der Waals surface area contributed by atoms with E-state index in [1.54, 1.807) is 24.3 Å². The van der Waals surface area contributed by atoms with Gasteiger partial charge in [0.05, 0.1) is 13.2 Å². The van der Waals surface area contributed by atoms with Crippen LogP contribution >= 0.6 is 0 Å². The van der Waals surface area contributed by atoms with Gasteiger partial charge < -0.3 is 16.2 Å². The van der Waals surface area contributed by atoms with Gasteiger partial charge in [0.1, 0.15) is 0 Å². The van der Waals surface area contributed by atoms with Gasteiger partial charge in [-0.3, -0.25) is 4.79 Å². The molecule has 0 saturated heterocycles. The molecule has 0 radical (unpaired) electrons. The highest BCUT2D eigenvalue weighted by Gasteiger charge is 2.03. The van der Waals surface area contributed by atoms with Gasteiger partial charge in [0.2, 0.25) is 0 Å². The van der Waals surface area contributed by atoms with Crippen LogP contribution in [0.4, 0.5) is 5.69 Å². The lowest BCUT2D eigenvalue weighted by Gasteiger charge is -2.02. The number of benzene rings is 1. The minimum absolute atomic E-state index is 0.00144. The molecule has 1 rings (SSSR count). The van der Waals surface area contributed by atoms with Crippen molar-refractivity contribution in [1.82, 2.24) is 5.32 Å². The maximum Gasteiger partial charge on any atom is 0.176 e. The third-order valence-corrected chi connectivity index (χ3v) is 1.81. The molecule has 4 N–H and O–H groups in total. The lowest BCUT2D eigenvalue weighted by Crippen LogP contribution is -2.25. The molecule has 0 fully saturated rings. The molecule has 4 nitrogen and oxygen atoms in total. The van der Waals surface area contributed by atoms with Crippen molar-refractivity contribution in [3.63, 3.8) is 0 Å². The Hall–Kier alpha value is -1.39. The Kier molecular flexibility index (Phi) is 4.10. The van der Waals surface area contributed by atoms with Crippen molar-refractivity contribution in [3.05, 3.63) is 29.8 Å². The zero-order valence-electron chi connectivity index (χ0n) is 7.86. The lowest BCUT2D eigenvalue weighted by atomic mass is 10.1. The summed E-state index contributed by atoms with van der Waals surface area (Å²) < 4.78 is 0. The third kappa shape index (κ3) is 3.16. The third-order valence-electron chi connectivity index (χ3n) is 1.81. The highest BCUT2D eigenvalue weighted by Crippen LogP contribution is 2.05. The second-order valence-corrected chi connectivity index (χ2v) is 2.95. The van der Waals surface area contributed by atoms with Crippen LogP contribution < -0.4 is 11.1 Å². The molecule has 0 aromatic heterocycles. The molecule has 0 spiro atoms. The number of carbonyl (C=O) groups excluding carboxylic acids is 1. The molecule has 0 heterocycles. The number of carbonyl (C=O) groups is 1. The summed E-state index contributed by atoms with van der Waals surface area (Å²) in [5.41, 5.74) is 6.76. The van der Waals surface area contributed by atoms with Crippen molar-refractivity contribution in [2.45, 2.75) is 0 Å². The quantitative estimate of drug-likeness (QED) is 0.351. The van der Waals surface area contributed by atoms with Gasteiger partial charge >= 0.3 is 0 Å². The largest absolute Gasteiger partial charge is 0.399 e. The van der Waals surface area contributed by atoms with Crippen LogP contribution in [-0.2, 0) is 0 Å². The van der Waals surface area contributed by atoms with Crippen molar-refractivity contribution in [2.24, 2.45) is 0 Å². The maximum atomic E-state index is 11.4. The molecule has 1 aromatic carbocycles. The fourth-order valence-electron chi connectivity index (χ4n) is 1.05. The Labute approximate surface area is 82.7 Å². The van der Waals surface area contributed by atoms with Crippen molar-refractivity contribution in [2.75, 3.05) is 25.4 Å². The Morgan fingerprint density at radius 1 is 1.36 bits per heavy atom. The summed E-state index contributed by atoms with van der Waals surface area (Å²) in [4.78, 5) is 11.4. The molecule has 4 heteroatoms. The average Bonchev–Trinajstić information content (AvgIpc) is 2.19. The first-order chi connectivity index (χ1) is 6.74. The van der Waals surface area contributed by atoms with E-state index in [9.17, 15) is 4.79 Å². The fourth-order valence-corrected chi connectivity index (χ4v) is 1.05. The highest BCUT2D eigenvalue weighted by molar-refractivity contribution is 5.97. The Morgan fingerprint density at radius 2 is 2.00 bits per heavy atom. The van der Waals surface area contributed by atoms with E-state index in [1.165, 1.54) is 0 Å². The van der Waals surface area contributed by atoms with Gasteiger partial charge in [-0.15, -0.1) is 0 Å². The number of aliphatic hydroxyl groups is 1. The number of Topliss-reactive ketones (excluding diaryl/α,β-unsaturated/α-hetero) is 1. The predicted octanol–water partition coefficient (Wildman–Crippen LogP) is 0.0334. The van der Waals surface area contributed by atoms with Crippen molar-refractivity contribution in [3.8, 4) is 0 Å². The summed E-state index contributed by atoms with van der Waals surface area (Å²) in [6.45, 7) is 0.709. The van der Waals surface area contributed by atoms with E-state index in [0.29, 0.717) is 17.8 Å². The standard InChI is InChI=1S/C10H14N2O2/c11-9-3-1-8(2-4-9)10(14)7-12-5-6-13/h1-4,12-13H,5-7,11H2. The number of aliphatic hydroxyl groups excluding tert-OH is 1. The molecule has 0 aliphatic rings. The second-order valence-electron chi connectivity index (χ2n) is 2.95. The van der Waals surface area contributed by atoms with E-state index in [0.717, 1.165) is 0 Å². The molecule has 0 atom stereocenters. The number of ketones is 1. The van der Waals surface area contributed by atoms with Crippen LogP contribution in [0.5, 0.6) is 0 Å². The number of nitrogens with one attached hydrogen (secondary N) is 1. The molecule has 0 bridgehead atoms. The minimum Gasteiger partial charge on any atom is -0.399 e.